The summed E-state index contributed by atoms with van der Waals surface area (Å²) in [6.07, 6.45) is 1.76. The molecular formula is C19H39IN4O3. The van der Waals surface area contributed by atoms with Gasteiger partial charge in [-0.3, -0.25) is 4.99 Å². The van der Waals surface area contributed by atoms with Crippen molar-refractivity contribution >= 4 is 36.0 Å². The van der Waals surface area contributed by atoms with Crippen molar-refractivity contribution in [2.24, 2.45) is 10.9 Å². The summed E-state index contributed by atoms with van der Waals surface area (Å²) in [4.78, 5) is 21.1. The SMILES string of the molecule is CCCN(CCN=C(NCC)N1CCC(COC)C1)C(=O)OC(C)(C)C.I. The predicted molar refractivity (Wildman–Crippen MR) is 121 cm³/mol. The van der Waals surface area contributed by atoms with E-state index in [1.165, 1.54) is 0 Å². The summed E-state index contributed by atoms with van der Waals surface area (Å²) in [5, 5.41) is 3.36. The van der Waals surface area contributed by atoms with E-state index in [-0.39, 0.29) is 30.1 Å². The van der Waals surface area contributed by atoms with Crippen LogP contribution in [-0.2, 0) is 9.47 Å². The molecule has 1 fully saturated rings. The number of aliphatic imine (C=N–C) groups is 1. The third kappa shape index (κ3) is 10.4. The van der Waals surface area contributed by atoms with Crippen LogP contribution >= 0.6 is 24.0 Å². The average Bonchev–Trinajstić information content (AvgIpc) is 3.00. The third-order valence-corrected chi connectivity index (χ3v) is 4.10. The van der Waals surface area contributed by atoms with Crippen molar-refractivity contribution in [3.05, 3.63) is 0 Å². The number of nitrogens with one attached hydrogen (secondary N) is 1. The summed E-state index contributed by atoms with van der Waals surface area (Å²) in [5.74, 6) is 1.48. The van der Waals surface area contributed by atoms with Crippen molar-refractivity contribution in [2.45, 2.75) is 53.1 Å². The highest BCUT2D eigenvalue weighted by molar-refractivity contribution is 14.0. The number of likely N-dealkylation sites (tertiary alicyclic amines) is 1. The van der Waals surface area contributed by atoms with Crippen molar-refractivity contribution < 1.29 is 14.3 Å². The second-order valence-electron chi connectivity index (χ2n) is 7.76. The molecule has 1 N–H and O–H groups in total. The Morgan fingerprint density at radius 2 is 2.00 bits per heavy atom. The summed E-state index contributed by atoms with van der Waals surface area (Å²) in [7, 11) is 1.75. The molecular weight excluding hydrogens is 459 g/mol. The van der Waals surface area contributed by atoms with Gasteiger partial charge in [0.15, 0.2) is 5.96 Å². The lowest BCUT2D eigenvalue weighted by Crippen LogP contribution is -2.42. The van der Waals surface area contributed by atoms with Gasteiger partial charge in [-0.05, 0) is 40.5 Å². The number of carbonyl (C=O) groups is 1. The largest absolute Gasteiger partial charge is 0.444 e. The molecule has 0 aromatic rings. The maximum Gasteiger partial charge on any atom is 0.410 e. The number of halogens is 1. The van der Waals surface area contributed by atoms with Crippen LogP contribution in [0.5, 0.6) is 0 Å². The van der Waals surface area contributed by atoms with Crippen LogP contribution in [0.25, 0.3) is 0 Å². The van der Waals surface area contributed by atoms with Gasteiger partial charge in [-0.2, -0.15) is 0 Å². The standard InChI is InChI=1S/C19H38N4O3.HI/c1-7-11-22(18(24)26-19(3,4)5)13-10-21-17(20-8-2)23-12-9-16(14-23)15-25-6;/h16H,7-15H2,1-6H3,(H,20,21);1H. The molecule has 7 nitrogen and oxygen atoms in total. The van der Waals surface area contributed by atoms with Crippen molar-refractivity contribution in [3.8, 4) is 0 Å². The number of hydrogen-bond donors (Lipinski definition) is 1. The van der Waals surface area contributed by atoms with Crippen molar-refractivity contribution in [1.29, 1.82) is 0 Å². The quantitative estimate of drug-likeness (QED) is 0.317. The van der Waals surface area contributed by atoms with Crippen LogP contribution in [0.4, 0.5) is 4.79 Å². The zero-order chi connectivity index (χ0) is 19.6. The Morgan fingerprint density at radius 3 is 2.56 bits per heavy atom. The van der Waals surface area contributed by atoms with E-state index in [4.69, 9.17) is 14.5 Å². The van der Waals surface area contributed by atoms with E-state index in [2.05, 4.69) is 24.1 Å². The van der Waals surface area contributed by atoms with Crippen LogP contribution in [0.1, 0.15) is 47.5 Å². The van der Waals surface area contributed by atoms with Crippen molar-refractivity contribution in [2.75, 3.05) is 53.0 Å². The third-order valence-electron chi connectivity index (χ3n) is 4.10. The zero-order valence-corrected chi connectivity index (χ0v) is 20.2. The van der Waals surface area contributed by atoms with E-state index >= 15 is 0 Å². The minimum atomic E-state index is -0.479. The fourth-order valence-electron chi connectivity index (χ4n) is 2.99. The first kappa shape index (κ1) is 26.2. The second-order valence-corrected chi connectivity index (χ2v) is 7.76. The number of rotatable bonds is 8. The molecule has 0 bridgehead atoms. The van der Waals surface area contributed by atoms with E-state index in [0.717, 1.165) is 45.0 Å². The minimum Gasteiger partial charge on any atom is -0.444 e. The van der Waals surface area contributed by atoms with E-state index < -0.39 is 5.60 Å². The van der Waals surface area contributed by atoms with E-state index in [0.29, 0.717) is 25.6 Å². The Bertz CT molecular complexity index is 455. The molecule has 1 heterocycles. The lowest BCUT2D eigenvalue weighted by atomic mass is 10.1. The fourth-order valence-corrected chi connectivity index (χ4v) is 2.99. The molecule has 1 atom stereocenters. The summed E-state index contributed by atoms with van der Waals surface area (Å²) in [6.45, 7) is 15.2. The number of hydrogen-bond acceptors (Lipinski definition) is 4. The highest BCUT2D eigenvalue weighted by Crippen LogP contribution is 2.16. The molecule has 0 radical (unpaired) electrons. The number of nitrogens with zero attached hydrogens (tertiary/aromatic N) is 3. The second kappa shape index (κ2) is 13.4. The molecule has 160 valence electrons. The first-order valence-corrected chi connectivity index (χ1v) is 9.80. The van der Waals surface area contributed by atoms with Crippen LogP contribution in [0.15, 0.2) is 4.99 Å². The van der Waals surface area contributed by atoms with Gasteiger partial charge in [-0.25, -0.2) is 4.79 Å². The molecule has 1 unspecified atom stereocenters. The molecule has 1 aliphatic rings. The molecule has 1 amide bonds. The van der Waals surface area contributed by atoms with Gasteiger partial charge in [0.1, 0.15) is 5.60 Å². The lowest BCUT2D eigenvalue weighted by Gasteiger charge is -2.27. The smallest absolute Gasteiger partial charge is 0.410 e. The summed E-state index contributed by atoms with van der Waals surface area (Å²) in [5.41, 5.74) is -0.479. The maximum absolute atomic E-state index is 12.3. The summed E-state index contributed by atoms with van der Waals surface area (Å²) >= 11 is 0. The molecule has 0 saturated carbocycles. The van der Waals surface area contributed by atoms with Crippen molar-refractivity contribution in [3.63, 3.8) is 0 Å². The molecule has 0 spiro atoms. The molecule has 1 aliphatic heterocycles. The fraction of sp³-hybridized carbons (Fsp3) is 0.895. The highest BCUT2D eigenvalue weighted by Gasteiger charge is 2.25. The van der Waals surface area contributed by atoms with Crippen LogP contribution in [0.3, 0.4) is 0 Å². The number of ether oxygens (including phenoxy) is 2. The van der Waals surface area contributed by atoms with Crippen LogP contribution in [0, 0.1) is 5.92 Å². The minimum absolute atomic E-state index is 0. The van der Waals surface area contributed by atoms with Gasteiger partial charge >= 0.3 is 6.09 Å². The summed E-state index contributed by atoms with van der Waals surface area (Å²) in [6, 6.07) is 0. The lowest BCUT2D eigenvalue weighted by molar-refractivity contribution is 0.0256. The number of methoxy groups -OCH3 is 1. The van der Waals surface area contributed by atoms with Gasteiger partial charge in [0.2, 0.25) is 0 Å². The number of guanidine groups is 1. The van der Waals surface area contributed by atoms with Gasteiger partial charge in [-0.1, -0.05) is 6.92 Å². The average molecular weight is 498 g/mol. The first-order chi connectivity index (χ1) is 12.3. The Balaban J connectivity index is 0.00000676. The highest BCUT2D eigenvalue weighted by atomic mass is 127. The first-order valence-electron chi connectivity index (χ1n) is 9.80. The van der Waals surface area contributed by atoms with Crippen molar-refractivity contribution in [1.82, 2.24) is 15.1 Å². The summed E-state index contributed by atoms with van der Waals surface area (Å²) < 4.78 is 10.8. The monoisotopic (exact) mass is 498 g/mol. The topological polar surface area (TPSA) is 66.4 Å². The Kier molecular flexibility index (Phi) is 13.0. The Labute approximate surface area is 182 Å². The van der Waals surface area contributed by atoms with Gasteiger partial charge in [0.25, 0.3) is 0 Å². The van der Waals surface area contributed by atoms with E-state index in [9.17, 15) is 4.79 Å². The predicted octanol–water partition coefficient (Wildman–Crippen LogP) is 3.19. The van der Waals surface area contributed by atoms with E-state index in [1.807, 2.05) is 20.8 Å². The molecule has 0 aliphatic carbocycles. The molecule has 1 saturated heterocycles. The number of amides is 1. The normalized spacial score (nSPS) is 17.5. The zero-order valence-electron chi connectivity index (χ0n) is 17.9. The maximum atomic E-state index is 12.3. The van der Waals surface area contributed by atoms with Gasteiger partial charge in [0.05, 0.1) is 13.2 Å². The Morgan fingerprint density at radius 1 is 1.30 bits per heavy atom. The van der Waals surface area contributed by atoms with Crippen LogP contribution in [-0.4, -0.2) is 80.4 Å². The van der Waals surface area contributed by atoms with Crippen LogP contribution < -0.4 is 5.32 Å². The molecule has 0 aromatic heterocycles. The Hall–Kier alpha value is -0.770. The molecule has 1 rings (SSSR count). The molecule has 27 heavy (non-hydrogen) atoms. The van der Waals surface area contributed by atoms with Gasteiger partial charge < -0.3 is 24.6 Å². The molecule has 8 heteroatoms. The van der Waals surface area contributed by atoms with Gasteiger partial charge in [0, 0.05) is 45.8 Å². The van der Waals surface area contributed by atoms with Crippen LogP contribution in [0.2, 0.25) is 0 Å². The van der Waals surface area contributed by atoms with Gasteiger partial charge in [-0.15, -0.1) is 24.0 Å². The number of carbonyl (C=O) groups excluding carboxylic acids is 1. The molecule has 0 aromatic carbocycles. The van der Waals surface area contributed by atoms with E-state index in [1.54, 1.807) is 12.0 Å².